The van der Waals surface area contributed by atoms with Gasteiger partial charge in [-0.25, -0.2) is 4.79 Å². The number of fused-ring (bicyclic) bond motifs is 3. The summed E-state index contributed by atoms with van der Waals surface area (Å²) in [4.78, 5) is 27.7. The Balaban J connectivity index is 1.17. The van der Waals surface area contributed by atoms with E-state index in [1.54, 1.807) is 4.90 Å². The molecule has 10 heteroatoms. The van der Waals surface area contributed by atoms with Gasteiger partial charge in [0.1, 0.15) is 5.82 Å². The van der Waals surface area contributed by atoms with Gasteiger partial charge in [-0.3, -0.25) is 9.80 Å². The van der Waals surface area contributed by atoms with Gasteiger partial charge in [-0.2, -0.15) is 9.97 Å². The Labute approximate surface area is 187 Å². The molecule has 1 amide bonds. The zero-order valence-electron chi connectivity index (χ0n) is 18.5. The highest BCUT2D eigenvalue weighted by Gasteiger charge is 2.46. The maximum atomic E-state index is 11.7. The van der Waals surface area contributed by atoms with E-state index < -0.39 is 6.09 Å². The monoisotopic (exact) mass is 444 g/mol. The van der Waals surface area contributed by atoms with Gasteiger partial charge >= 0.3 is 12.1 Å². The van der Waals surface area contributed by atoms with Gasteiger partial charge in [0.2, 0.25) is 0 Å². The summed E-state index contributed by atoms with van der Waals surface area (Å²) in [5.74, 6) is 0.926. The first-order chi connectivity index (χ1) is 15.6. The van der Waals surface area contributed by atoms with E-state index in [0.717, 1.165) is 75.9 Å². The Morgan fingerprint density at radius 3 is 2.59 bits per heavy atom. The molecule has 2 unspecified atom stereocenters. The molecule has 1 aliphatic carbocycles. The van der Waals surface area contributed by atoms with Crippen molar-refractivity contribution in [3.63, 3.8) is 0 Å². The number of anilines is 1. The van der Waals surface area contributed by atoms with Crippen molar-refractivity contribution in [2.75, 3.05) is 57.4 Å². The maximum absolute atomic E-state index is 11.7. The lowest BCUT2D eigenvalue weighted by Crippen LogP contribution is -2.56. The Morgan fingerprint density at radius 1 is 1.16 bits per heavy atom. The molecule has 3 saturated heterocycles. The first-order valence-electron chi connectivity index (χ1n) is 11.9. The highest BCUT2D eigenvalue weighted by Crippen LogP contribution is 2.46. The van der Waals surface area contributed by atoms with Crippen LogP contribution in [0.4, 0.5) is 10.6 Å². The van der Waals surface area contributed by atoms with Crippen LogP contribution in [0.3, 0.4) is 0 Å². The summed E-state index contributed by atoms with van der Waals surface area (Å²) in [7, 11) is 0. The van der Waals surface area contributed by atoms with E-state index in [2.05, 4.69) is 15.1 Å². The molecule has 174 valence electrons. The lowest BCUT2D eigenvalue weighted by atomic mass is 10.1. The third-order valence-electron chi connectivity index (χ3n) is 7.77. The van der Waals surface area contributed by atoms with Crippen LogP contribution in [0.15, 0.2) is 0 Å². The third kappa shape index (κ3) is 3.78. The summed E-state index contributed by atoms with van der Waals surface area (Å²) >= 11 is 0. The molecule has 6 rings (SSSR count). The van der Waals surface area contributed by atoms with E-state index in [1.165, 1.54) is 12.8 Å². The van der Waals surface area contributed by atoms with E-state index in [1.807, 2.05) is 0 Å². The number of aromatic nitrogens is 2. The second-order valence-electron chi connectivity index (χ2n) is 10.0. The fourth-order valence-corrected chi connectivity index (χ4v) is 5.82. The average molecular weight is 445 g/mol. The number of amides is 1. The number of carbonyl (C=O) groups is 1. The molecule has 32 heavy (non-hydrogen) atoms. The molecule has 1 saturated carbocycles. The van der Waals surface area contributed by atoms with Crippen molar-refractivity contribution in [2.24, 2.45) is 5.41 Å². The third-order valence-corrected chi connectivity index (χ3v) is 7.77. The molecule has 2 N–H and O–H groups in total. The number of carboxylic acid groups (broad SMARTS) is 1. The first-order valence-corrected chi connectivity index (χ1v) is 11.9. The Hall–Kier alpha value is -2.17. The maximum Gasteiger partial charge on any atom is 0.407 e. The second-order valence-corrected chi connectivity index (χ2v) is 10.0. The molecule has 0 radical (unpaired) electrons. The van der Waals surface area contributed by atoms with Crippen molar-refractivity contribution in [2.45, 2.75) is 50.9 Å². The van der Waals surface area contributed by atoms with Crippen molar-refractivity contribution < 1.29 is 19.4 Å². The van der Waals surface area contributed by atoms with Crippen LogP contribution in [0.1, 0.15) is 36.9 Å². The molecule has 5 heterocycles. The predicted molar refractivity (Wildman–Crippen MR) is 116 cm³/mol. The molecule has 10 nitrogen and oxygen atoms in total. The lowest BCUT2D eigenvalue weighted by molar-refractivity contribution is 0.0231. The molecular formula is C22H32N6O4. The number of ether oxygens (including phenoxy) is 2. The zero-order valence-corrected chi connectivity index (χ0v) is 18.5. The van der Waals surface area contributed by atoms with Gasteiger partial charge in [-0.05, 0) is 25.7 Å². The van der Waals surface area contributed by atoms with Crippen LogP contribution in [-0.4, -0.2) is 95.6 Å². The van der Waals surface area contributed by atoms with Crippen molar-refractivity contribution >= 4 is 11.9 Å². The number of piperazine rings is 1. The molecule has 1 aromatic rings. The SMILES string of the molecule is O=C(O)N1C2CCC1CN(c1nc(OCC3(CN4CCOCC4)CC3)nc3c1CNC3)C2. The predicted octanol–water partition coefficient (Wildman–Crippen LogP) is 0.902. The van der Waals surface area contributed by atoms with Crippen LogP contribution in [-0.2, 0) is 17.8 Å². The van der Waals surface area contributed by atoms with Crippen LogP contribution in [0, 0.1) is 5.41 Å². The summed E-state index contributed by atoms with van der Waals surface area (Å²) in [6.45, 7) is 8.18. The minimum atomic E-state index is -0.800. The molecule has 5 aliphatic rings. The van der Waals surface area contributed by atoms with Crippen molar-refractivity contribution in [3.05, 3.63) is 11.3 Å². The Morgan fingerprint density at radius 2 is 1.91 bits per heavy atom. The summed E-state index contributed by atoms with van der Waals surface area (Å²) in [5.41, 5.74) is 2.36. The van der Waals surface area contributed by atoms with Gasteiger partial charge in [-0.1, -0.05) is 0 Å². The van der Waals surface area contributed by atoms with Crippen LogP contribution >= 0.6 is 0 Å². The van der Waals surface area contributed by atoms with Crippen LogP contribution < -0.4 is 15.0 Å². The molecule has 0 spiro atoms. The smallest absolute Gasteiger partial charge is 0.407 e. The van der Waals surface area contributed by atoms with E-state index in [0.29, 0.717) is 25.7 Å². The molecule has 2 atom stereocenters. The normalized spacial score (nSPS) is 28.6. The summed E-state index contributed by atoms with van der Waals surface area (Å²) in [5, 5.41) is 13.0. The minimum Gasteiger partial charge on any atom is -0.465 e. The second kappa shape index (κ2) is 8.00. The minimum absolute atomic E-state index is 0.0406. The van der Waals surface area contributed by atoms with E-state index in [9.17, 15) is 9.90 Å². The fraction of sp³-hybridized carbons (Fsp3) is 0.773. The van der Waals surface area contributed by atoms with E-state index in [4.69, 9.17) is 19.4 Å². The highest BCUT2D eigenvalue weighted by molar-refractivity contribution is 5.67. The summed E-state index contributed by atoms with van der Waals surface area (Å²) in [6, 6.07) is 0.543. The average Bonchev–Trinajstić information content (AvgIpc) is 3.28. The number of hydrogen-bond acceptors (Lipinski definition) is 8. The Bertz CT molecular complexity index is 873. The number of morpholine rings is 1. The van der Waals surface area contributed by atoms with Crippen LogP contribution in [0.2, 0.25) is 0 Å². The van der Waals surface area contributed by atoms with Gasteiger partial charge in [0.05, 0.1) is 37.6 Å². The Kier molecular flexibility index (Phi) is 5.11. The summed E-state index contributed by atoms with van der Waals surface area (Å²) in [6.07, 6.45) is 3.42. The van der Waals surface area contributed by atoms with Crippen LogP contribution in [0.25, 0.3) is 0 Å². The fourth-order valence-electron chi connectivity index (χ4n) is 5.82. The van der Waals surface area contributed by atoms with Crippen molar-refractivity contribution in [1.29, 1.82) is 0 Å². The van der Waals surface area contributed by atoms with Crippen molar-refractivity contribution in [3.8, 4) is 6.01 Å². The van der Waals surface area contributed by atoms with Gasteiger partial charge < -0.3 is 24.8 Å². The van der Waals surface area contributed by atoms with E-state index in [-0.39, 0.29) is 17.5 Å². The number of nitrogens with zero attached hydrogens (tertiary/aromatic N) is 5. The lowest BCUT2D eigenvalue weighted by Gasteiger charge is -2.40. The number of nitrogens with one attached hydrogen (secondary N) is 1. The summed E-state index contributed by atoms with van der Waals surface area (Å²) < 4.78 is 11.7. The number of hydrogen-bond donors (Lipinski definition) is 2. The molecule has 1 aromatic heterocycles. The standard InChI is InChI=1S/C22H32N6O4/c29-21(30)28-15-1-2-16(28)12-27(11-15)19-17-9-23-10-18(17)24-20(25-19)32-14-22(3-4-22)13-26-5-7-31-8-6-26/h15-16,23H,1-14H2,(H,29,30). The molecule has 4 fully saturated rings. The molecule has 2 bridgehead atoms. The van der Waals surface area contributed by atoms with Crippen LogP contribution in [0.5, 0.6) is 6.01 Å². The van der Waals surface area contributed by atoms with Gasteiger partial charge in [0.25, 0.3) is 0 Å². The highest BCUT2D eigenvalue weighted by atomic mass is 16.5. The van der Waals surface area contributed by atoms with Gasteiger partial charge in [-0.15, -0.1) is 0 Å². The van der Waals surface area contributed by atoms with Gasteiger partial charge in [0.15, 0.2) is 0 Å². The number of rotatable bonds is 6. The first kappa shape index (κ1) is 20.4. The quantitative estimate of drug-likeness (QED) is 0.662. The molecule has 0 aromatic carbocycles. The van der Waals surface area contributed by atoms with Crippen molar-refractivity contribution in [1.82, 2.24) is 25.1 Å². The molecular weight excluding hydrogens is 412 g/mol. The zero-order chi connectivity index (χ0) is 21.7. The molecule has 4 aliphatic heterocycles. The largest absolute Gasteiger partial charge is 0.465 e. The topological polar surface area (TPSA) is 103 Å². The van der Waals surface area contributed by atoms with Gasteiger partial charge in [0, 0.05) is 56.8 Å². The van der Waals surface area contributed by atoms with E-state index >= 15 is 0 Å².